The van der Waals surface area contributed by atoms with Crippen LogP contribution >= 0.6 is 23.2 Å². The molecule has 0 aliphatic heterocycles. The van der Waals surface area contributed by atoms with E-state index in [1.807, 2.05) is 0 Å². The second-order valence-corrected chi connectivity index (χ2v) is 6.28. The Bertz CT molecular complexity index is 851. The Kier molecular flexibility index (Phi) is 8.40. The van der Waals surface area contributed by atoms with Crippen LogP contribution in [0.1, 0.15) is 10.5 Å². The first-order valence-electron chi connectivity index (χ1n) is 8.06. The van der Waals surface area contributed by atoms with Gasteiger partial charge in [0.2, 0.25) is 5.78 Å². The molecule has 7 nitrogen and oxygen atoms in total. The van der Waals surface area contributed by atoms with Gasteiger partial charge in [-0.15, -0.1) is 0 Å². The zero-order chi connectivity index (χ0) is 20.7. The van der Waals surface area contributed by atoms with Crippen molar-refractivity contribution in [3.05, 3.63) is 39.8 Å². The highest BCUT2D eigenvalue weighted by Crippen LogP contribution is 2.36. The van der Waals surface area contributed by atoms with Crippen molar-refractivity contribution in [1.82, 2.24) is 4.98 Å². The summed E-state index contributed by atoms with van der Waals surface area (Å²) >= 11 is 12.0. The molecule has 0 unspecified atom stereocenters. The number of carbonyl (C=O) groups is 1. The standard InChI is InChI=1S/C18H19Cl2FN2O5/c1-25-5-6-27-9-28-8-14(24)17-15(20)12(22)7-13(23-17)10-3-4-11(19)18(26-2)16(10)21/h3-4,7H,5-6,8-9H2,1-2H3,(H2,22,23). The van der Waals surface area contributed by atoms with Gasteiger partial charge >= 0.3 is 0 Å². The van der Waals surface area contributed by atoms with Gasteiger partial charge in [-0.05, 0) is 18.2 Å². The highest BCUT2D eigenvalue weighted by molar-refractivity contribution is 6.36. The predicted octanol–water partition coefficient (Wildman–Crippen LogP) is 3.61. The Labute approximate surface area is 171 Å². The first kappa shape index (κ1) is 22.3. The molecule has 0 saturated carbocycles. The van der Waals surface area contributed by atoms with Crippen molar-refractivity contribution < 1.29 is 28.1 Å². The highest BCUT2D eigenvalue weighted by atomic mass is 35.5. The van der Waals surface area contributed by atoms with Crippen LogP contribution in [0.4, 0.5) is 10.1 Å². The van der Waals surface area contributed by atoms with E-state index < -0.39 is 11.6 Å². The molecule has 1 aromatic heterocycles. The van der Waals surface area contributed by atoms with Gasteiger partial charge in [-0.25, -0.2) is 9.37 Å². The fourth-order valence-corrected chi connectivity index (χ4v) is 2.68. The van der Waals surface area contributed by atoms with E-state index in [1.54, 1.807) is 0 Å². The van der Waals surface area contributed by atoms with E-state index in [1.165, 1.54) is 32.4 Å². The van der Waals surface area contributed by atoms with Crippen molar-refractivity contribution in [2.75, 3.05) is 46.6 Å². The molecular formula is C18H19Cl2FN2O5. The number of rotatable bonds is 10. The fourth-order valence-electron chi connectivity index (χ4n) is 2.25. The molecule has 2 N–H and O–H groups in total. The average molecular weight is 433 g/mol. The number of aromatic nitrogens is 1. The maximum atomic E-state index is 14.7. The molecule has 0 amide bonds. The molecule has 10 heteroatoms. The summed E-state index contributed by atoms with van der Waals surface area (Å²) in [6, 6.07) is 4.22. The second-order valence-electron chi connectivity index (χ2n) is 5.49. The summed E-state index contributed by atoms with van der Waals surface area (Å²) in [5.74, 6) is -1.40. The quantitative estimate of drug-likeness (QED) is 0.348. The number of hydrogen-bond donors (Lipinski definition) is 1. The predicted molar refractivity (Wildman–Crippen MR) is 104 cm³/mol. The molecule has 0 bridgehead atoms. The smallest absolute Gasteiger partial charge is 0.208 e. The number of nitrogens with two attached hydrogens (primary N) is 1. The maximum Gasteiger partial charge on any atom is 0.208 e. The number of pyridine rings is 1. The lowest BCUT2D eigenvalue weighted by atomic mass is 10.1. The average Bonchev–Trinajstić information content (AvgIpc) is 2.67. The van der Waals surface area contributed by atoms with Crippen molar-refractivity contribution in [3.8, 4) is 17.0 Å². The Hall–Kier alpha value is -1.97. The number of Topliss-reactive ketones (excluding diaryl/α,β-unsaturated/α-hetero) is 1. The zero-order valence-corrected chi connectivity index (χ0v) is 16.8. The molecule has 2 aromatic rings. The van der Waals surface area contributed by atoms with Gasteiger partial charge in [0.05, 0.1) is 41.8 Å². The molecule has 0 aliphatic rings. The third kappa shape index (κ3) is 5.30. The summed E-state index contributed by atoms with van der Waals surface area (Å²) in [6.45, 7) is 0.281. The Morgan fingerprint density at radius 1 is 1.21 bits per heavy atom. The van der Waals surface area contributed by atoms with Crippen LogP contribution in [-0.2, 0) is 14.2 Å². The van der Waals surface area contributed by atoms with Gasteiger partial charge in [0.15, 0.2) is 11.6 Å². The molecule has 0 aliphatic carbocycles. The topological polar surface area (TPSA) is 92.9 Å². The first-order chi connectivity index (χ1) is 13.4. The number of carbonyl (C=O) groups excluding carboxylic acids is 1. The minimum absolute atomic E-state index is 0.0426. The number of ether oxygens (including phenoxy) is 4. The van der Waals surface area contributed by atoms with Crippen LogP contribution < -0.4 is 10.5 Å². The van der Waals surface area contributed by atoms with E-state index in [0.29, 0.717) is 13.2 Å². The van der Waals surface area contributed by atoms with Crippen molar-refractivity contribution >= 4 is 34.7 Å². The third-order valence-electron chi connectivity index (χ3n) is 3.61. The van der Waals surface area contributed by atoms with Gasteiger partial charge in [-0.1, -0.05) is 23.2 Å². The lowest BCUT2D eigenvalue weighted by molar-refractivity contribution is -0.0593. The Balaban J connectivity index is 2.24. The summed E-state index contributed by atoms with van der Waals surface area (Å²) in [5, 5.41) is 0.0582. The summed E-state index contributed by atoms with van der Waals surface area (Å²) in [5.41, 5.74) is 5.97. The van der Waals surface area contributed by atoms with Crippen LogP contribution in [0.5, 0.6) is 5.75 Å². The van der Waals surface area contributed by atoms with E-state index in [9.17, 15) is 9.18 Å². The largest absolute Gasteiger partial charge is 0.492 e. The first-order valence-corrected chi connectivity index (χ1v) is 8.82. The lowest BCUT2D eigenvalue weighted by Gasteiger charge is -2.12. The summed E-state index contributed by atoms with van der Waals surface area (Å²) < 4.78 is 34.7. The monoisotopic (exact) mass is 432 g/mol. The second kappa shape index (κ2) is 10.5. The minimum atomic E-state index is -0.731. The van der Waals surface area contributed by atoms with E-state index >= 15 is 0 Å². The zero-order valence-electron chi connectivity index (χ0n) is 15.3. The van der Waals surface area contributed by atoms with Gasteiger partial charge in [0.25, 0.3) is 0 Å². The van der Waals surface area contributed by atoms with Gasteiger partial charge in [-0.3, -0.25) is 4.79 Å². The van der Waals surface area contributed by atoms with Crippen molar-refractivity contribution in [2.24, 2.45) is 0 Å². The molecule has 0 radical (unpaired) electrons. The summed E-state index contributed by atoms with van der Waals surface area (Å²) in [7, 11) is 2.83. The number of methoxy groups -OCH3 is 2. The van der Waals surface area contributed by atoms with Gasteiger partial charge in [0, 0.05) is 12.7 Å². The molecule has 0 atom stereocenters. The minimum Gasteiger partial charge on any atom is -0.492 e. The molecular weight excluding hydrogens is 414 g/mol. The summed E-state index contributed by atoms with van der Waals surface area (Å²) in [4.78, 5) is 16.6. The van der Waals surface area contributed by atoms with Gasteiger partial charge < -0.3 is 24.7 Å². The molecule has 0 spiro atoms. The van der Waals surface area contributed by atoms with Gasteiger partial charge in [0.1, 0.15) is 19.1 Å². The number of benzene rings is 1. The number of nitrogens with zero attached hydrogens (tertiary/aromatic N) is 1. The Morgan fingerprint density at radius 2 is 1.96 bits per heavy atom. The van der Waals surface area contributed by atoms with Crippen LogP contribution in [0.2, 0.25) is 10.0 Å². The van der Waals surface area contributed by atoms with E-state index in [0.717, 1.165) is 0 Å². The van der Waals surface area contributed by atoms with E-state index in [4.69, 9.17) is 47.9 Å². The highest BCUT2D eigenvalue weighted by Gasteiger charge is 2.21. The lowest BCUT2D eigenvalue weighted by Crippen LogP contribution is -2.15. The number of ketones is 1. The van der Waals surface area contributed by atoms with Crippen LogP contribution in [0.3, 0.4) is 0 Å². The van der Waals surface area contributed by atoms with Crippen LogP contribution in [-0.4, -0.2) is 51.6 Å². The maximum absolute atomic E-state index is 14.7. The number of hydrogen-bond acceptors (Lipinski definition) is 7. The summed E-state index contributed by atoms with van der Waals surface area (Å²) in [6.07, 6.45) is 0. The van der Waals surface area contributed by atoms with Crippen LogP contribution in [0, 0.1) is 5.82 Å². The Morgan fingerprint density at radius 3 is 2.64 bits per heavy atom. The molecule has 28 heavy (non-hydrogen) atoms. The molecule has 2 rings (SSSR count). The number of nitrogen functional groups attached to an aromatic ring is 1. The number of halogens is 3. The molecule has 0 saturated heterocycles. The SMILES string of the molecule is COCCOCOCC(=O)c1nc(-c2ccc(Cl)c(OC)c2F)cc(N)c1Cl. The van der Waals surface area contributed by atoms with Crippen LogP contribution in [0.25, 0.3) is 11.3 Å². The van der Waals surface area contributed by atoms with Crippen molar-refractivity contribution in [1.29, 1.82) is 0 Å². The number of anilines is 1. The van der Waals surface area contributed by atoms with Crippen molar-refractivity contribution in [2.45, 2.75) is 0 Å². The molecule has 1 aromatic carbocycles. The van der Waals surface area contributed by atoms with Crippen LogP contribution in [0.15, 0.2) is 18.2 Å². The normalized spacial score (nSPS) is 10.9. The van der Waals surface area contributed by atoms with Gasteiger partial charge in [-0.2, -0.15) is 0 Å². The molecule has 1 heterocycles. The van der Waals surface area contributed by atoms with Crippen molar-refractivity contribution in [3.63, 3.8) is 0 Å². The van der Waals surface area contributed by atoms with E-state index in [2.05, 4.69) is 4.98 Å². The molecule has 0 fully saturated rings. The third-order valence-corrected chi connectivity index (χ3v) is 4.31. The van der Waals surface area contributed by atoms with E-state index in [-0.39, 0.29) is 51.8 Å². The molecule has 152 valence electrons. The fraction of sp³-hybridized carbons (Fsp3) is 0.333.